The fourth-order valence-electron chi connectivity index (χ4n) is 7.44. The van der Waals surface area contributed by atoms with Crippen LogP contribution >= 0.6 is 0 Å². The Balaban J connectivity index is 1.67. The SMILES string of the molecule is C[C@]12C/C(=C/N)C(=N)CC1CCC1C2CC[C@@]2(C)C1CC[C@]2(C)O. The zero-order chi connectivity index (χ0) is 17.3. The van der Waals surface area contributed by atoms with E-state index in [9.17, 15) is 5.11 Å². The van der Waals surface area contributed by atoms with Gasteiger partial charge in [0.05, 0.1) is 5.60 Å². The Morgan fingerprint density at radius 3 is 2.50 bits per heavy atom. The molecular weight excluding hydrogens is 296 g/mol. The molecule has 134 valence electrons. The molecule has 0 spiro atoms. The first kappa shape index (κ1) is 16.6. The highest BCUT2D eigenvalue weighted by Crippen LogP contribution is 2.68. The summed E-state index contributed by atoms with van der Waals surface area (Å²) in [4.78, 5) is 0. The number of fused-ring (bicyclic) bond motifs is 5. The van der Waals surface area contributed by atoms with E-state index in [1.165, 1.54) is 25.7 Å². The second-order valence-electron chi connectivity index (χ2n) is 9.98. The molecule has 3 nitrogen and oxygen atoms in total. The third-order valence-electron chi connectivity index (χ3n) is 9.24. The van der Waals surface area contributed by atoms with E-state index in [1.54, 1.807) is 6.20 Å². The molecule has 0 heterocycles. The van der Waals surface area contributed by atoms with Crippen molar-refractivity contribution in [1.82, 2.24) is 0 Å². The zero-order valence-corrected chi connectivity index (χ0v) is 15.6. The van der Waals surface area contributed by atoms with E-state index in [-0.39, 0.29) is 5.41 Å². The van der Waals surface area contributed by atoms with E-state index in [4.69, 9.17) is 11.1 Å². The lowest BCUT2D eigenvalue weighted by Crippen LogP contribution is -2.56. The maximum atomic E-state index is 11.0. The molecule has 4 saturated carbocycles. The molecule has 0 amide bonds. The molecule has 4 aliphatic rings. The minimum Gasteiger partial charge on any atom is -0.404 e. The standard InChI is InChI=1S/C21H34N2O/c1-19-11-13(12-22)18(23)10-14(19)4-5-15-16(19)6-8-20(2)17(15)7-9-21(20,3)24/h12,14-17,23-24H,4-11,22H2,1-3H3/b13-12-,23-18?/t14?,15?,16?,17?,19-,20-,21-/m0/s1. The lowest BCUT2D eigenvalue weighted by atomic mass is 9.44. The van der Waals surface area contributed by atoms with Gasteiger partial charge in [-0.2, -0.15) is 0 Å². The van der Waals surface area contributed by atoms with Crippen LogP contribution in [-0.4, -0.2) is 16.4 Å². The molecule has 4 fully saturated rings. The molecule has 0 aromatic heterocycles. The minimum atomic E-state index is -0.489. The number of nitrogens with one attached hydrogen (secondary N) is 1. The number of aliphatic hydroxyl groups is 1. The third kappa shape index (κ3) is 1.97. The van der Waals surface area contributed by atoms with Gasteiger partial charge in [-0.15, -0.1) is 0 Å². The Bertz CT molecular complexity index is 595. The summed E-state index contributed by atoms with van der Waals surface area (Å²) in [7, 11) is 0. The van der Waals surface area contributed by atoms with Crippen molar-refractivity contribution >= 4 is 5.71 Å². The largest absolute Gasteiger partial charge is 0.404 e. The van der Waals surface area contributed by atoms with Crippen LogP contribution < -0.4 is 5.73 Å². The van der Waals surface area contributed by atoms with Gasteiger partial charge < -0.3 is 16.2 Å². The second-order valence-corrected chi connectivity index (χ2v) is 9.98. The number of allylic oxidation sites excluding steroid dienone is 1. The van der Waals surface area contributed by atoms with Gasteiger partial charge in [0.25, 0.3) is 0 Å². The van der Waals surface area contributed by atoms with Gasteiger partial charge in [0, 0.05) is 5.71 Å². The molecular formula is C21H34N2O. The lowest BCUT2D eigenvalue weighted by Gasteiger charge is -2.61. The molecule has 4 aliphatic carbocycles. The number of hydrogen-bond donors (Lipinski definition) is 3. The second kappa shape index (κ2) is 5.09. The van der Waals surface area contributed by atoms with Crippen LogP contribution in [0, 0.1) is 39.9 Å². The van der Waals surface area contributed by atoms with Crippen LogP contribution in [0.3, 0.4) is 0 Å². The maximum Gasteiger partial charge on any atom is 0.0675 e. The minimum absolute atomic E-state index is 0.102. The van der Waals surface area contributed by atoms with E-state index in [0.717, 1.165) is 48.8 Å². The fourth-order valence-corrected chi connectivity index (χ4v) is 7.44. The number of rotatable bonds is 0. The predicted octanol–water partition coefficient (Wildman–Crippen LogP) is 4.25. The van der Waals surface area contributed by atoms with Crippen molar-refractivity contribution in [2.45, 2.75) is 77.7 Å². The summed E-state index contributed by atoms with van der Waals surface area (Å²) in [5.74, 6) is 2.83. The summed E-state index contributed by atoms with van der Waals surface area (Å²) in [6.45, 7) is 6.93. The van der Waals surface area contributed by atoms with Crippen molar-refractivity contribution in [2.75, 3.05) is 0 Å². The molecule has 7 atom stereocenters. The molecule has 4 N–H and O–H groups in total. The van der Waals surface area contributed by atoms with Gasteiger partial charge in [-0.3, -0.25) is 0 Å². The molecule has 24 heavy (non-hydrogen) atoms. The summed E-state index contributed by atoms with van der Waals surface area (Å²) in [6.07, 6.45) is 10.7. The van der Waals surface area contributed by atoms with Gasteiger partial charge in [0.1, 0.15) is 0 Å². The van der Waals surface area contributed by atoms with Gasteiger partial charge >= 0.3 is 0 Å². The molecule has 4 rings (SSSR count). The normalized spacial score (nSPS) is 55.8. The average molecular weight is 331 g/mol. The number of hydrogen-bond acceptors (Lipinski definition) is 3. The zero-order valence-electron chi connectivity index (χ0n) is 15.6. The van der Waals surface area contributed by atoms with Crippen molar-refractivity contribution in [3.05, 3.63) is 11.8 Å². The van der Waals surface area contributed by atoms with Crippen molar-refractivity contribution in [1.29, 1.82) is 5.41 Å². The van der Waals surface area contributed by atoms with E-state index in [2.05, 4.69) is 20.8 Å². The topological polar surface area (TPSA) is 70.1 Å². The van der Waals surface area contributed by atoms with E-state index in [0.29, 0.717) is 17.3 Å². The Kier molecular flexibility index (Phi) is 3.53. The summed E-state index contributed by atoms with van der Waals surface area (Å²) in [6, 6.07) is 0. The maximum absolute atomic E-state index is 11.0. The first-order valence-electron chi connectivity index (χ1n) is 9.94. The molecule has 0 saturated heterocycles. The van der Waals surface area contributed by atoms with E-state index < -0.39 is 5.60 Å². The van der Waals surface area contributed by atoms with Crippen LogP contribution in [0.25, 0.3) is 0 Å². The van der Waals surface area contributed by atoms with Crippen LogP contribution in [0.1, 0.15) is 72.1 Å². The molecule has 0 aromatic carbocycles. The molecule has 0 aliphatic heterocycles. The van der Waals surface area contributed by atoms with Crippen molar-refractivity contribution in [3.63, 3.8) is 0 Å². The third-order valence-corrected chi connectivity index (χ3v) is 9.24. The summed E-state index contributed by atoms with van der Waals surface area (Å²) >= 11 is 0. The van der Waals surface area contributed by atoms with Gasteiger partial charge in [0.2, 0.25) is 0 Å². The highest BCUT2D eigenvalue weighted by Gasteiger charge is 2.63. The van der Waals surface area contributed by atoms with Crippen LogP contribution in [0.15, 0.2) is 11.8 Å². The fraction of sp³-hybridized carbons (Fsp3) is 0.857. The number of nitrogens with two attached hydrogens (primary N) is 1. The molecule has 4 unspecified atom stereocenters. The van der Waals surface area contributed by atoms with Crippen LogP contribution in [-0.2, 0) is 0 Å². The van der Waals surface area contributed by atoms with Crippen LogP contribution in [0.2, 0.25) is 0 Å². The lowest BCUT2D eigenvalue weighted by molar-refractivity contribution is -0.138. The van der Waals surface area contributed by atoms with Gasteiger partial charge in [0.15, 0.2) is 0 Å². The van der Waals surface area contributed by atoms with Crippen molar-refractivity contribution < 1.29 is 5.11 Å². The molecule has 0 aromatic rings. The van der Waals surface area contributed by atoms with Gasteiger partial charge in [-0.1, -0.05) is 13.8 Å². The van der Waals surface area contributed by atoms with E-state index >= 15 is 0 Å². The first-order chi connectivity index (χ1) is 11.2. The molecule has 0 bridgehead atoms. The Morgan fingerprint density at radius 1 is 1.08 bits per heavy atom. The van der Waals surface area contributed by atoms with Crippen LogP contribution in [0.5, 0.6) is 0 Å². The summed E-state index contributed by atoms with van der Waals surface area (Å²) in [5, 5.41) is 19.3. The summed E-state index contributed by atoms with van der Waals surface area (Å²) < 4.78 is 0. The van der Waals surface area contributed by atoms with Crippen molar-refractivity contribution in [3.8, 4) is 0 Å². The Labute approximate surface area is 146 Å². The van der Waals surface area contributed by atoms with Gasteiger partial charge in [-0.25, -0.2) is 0 Å². The molecule has 3 heteroatoms. The first-order valence-corrected chi connectivity index (χ1v) is 9.94. The Hall–Kier alpha value is -0.830. The highest BCUT2D eigenvalue weighted by atomic mass is 16.3. The van der Waals surface area contributed by atoms with Gasteiger partial charge in [-0.05, 0) is 105 Å². The smallest absolute Gasteiger partial charge is 0.0675 e. The van der Waals surface area contributed by atoms with Crippen molar-refractivity contribution in [2.24, 2.45) is 40.2 Å². The predicted molar refractivity (Wildman–Crippen MR) is 97.7 cm³/mol. The quantitative estimate of drug-likeness (QED) is 0.621. The summed E-state index contributed by atoms with van der Waals surface area (Å²) in [5.41, 5.74) is 7.63. The Morgan fingerprint density at radius 2 is 1.79 bits per heavy atom. The monoisotopic (exact) mass is 330 g/mol. The average Bonchev–Trinajstić information content (AvgIpc) is 2.77. The van der Waals surface area contributed by atoms with Crippen LogP contribution in [0.4, 0.5) is 0 Å². The van der Waals surface area contributed by atoms with E-state index in [1.807, 2.05) is 0 Å². The highest BCUT2D eigenvalue weighted by molar-refractivity contribution is 5.98. The molecule has 0 radical (unpaired) electrons.